The van der Waals surface area contributed by atoms with Crippen LogP contribution in [-0.2, 0) is 6.54 Å². The molecule has 0 unspecified atom stereocenters. The van der Waals surface area contributed by atoms with Crippen molar-refractivity contribution in [3.05, 3.63) is 23.9 Å². The molecule has 0 aromatic carbocycles. The molecule has 0 aliphatic rings. The molecule has 17 heavy (non-hydrogen) atoms. The molecular weight excluding hydrogens is 230 g/mol. The Morgan fingerprint density at radius 2 is 2.24 bits per heavy atom. The minimum atomic E-state index is 0.500. The molecule has 0 aliphatic heterocycles. The van der Waals surface area contributed by atoms with Gasteiger partial charge >= 0.3 is 0 Å². The molecule has 4 heteroatoms. The van der Waals surface area contributed by atoms with Crippen molar-refractivity contribution in [1.82, 2.24) is 10.3 Å². The maximum absolute atomic E-state index is 4.49. The van der Waals surface area contributed by atoms with Crippen molar-refractivity contribution in [1.29, 1.82) is 0 Å². The maximum atomic E-state index is 4.49. The van der Waals surface area contributed by atoms with Gasteiger partial charge in [0.1, 0.15) is 5.82 Å². The summed E-state index contributed by atoms with van der Waals surface area (Å²) in [5, 5.41) is 3.44. The molecule has 0 saturated carbocycles. The predicted molar refractivity (Wildman–Crippen MR) is 77.9 cm³/mol. The molecule has 0 amide bonds. The largest absolute Gasteiger partial charge is 0.359 e. The van der Waals surface area contributed by atoms with Gasteiger partial charge in [-0.2, -0.15) is 11.8 Å². The number of nitrogens with zero attached hydrogens (tertiary/aromatic N) is 2. The topological polar surface area (TPSA) is 28.2 Å². The lowest BCUT2D eigenvalue weighted by Crippen LogP contribution is -2.26. The van der Waals surface area contributed by atoms with E-state index < -0.39 is 0 Å². The molecule has 1 rings (SSSR count). The lowest BCUT2D eigenvalue weighted by atomic mass is 10.2. The van der Waals surface area contributed by atoms with Gasteiger partial charge in [-0.1, -0.05) is 19.9 Å². The number of nitrogens with one attached hydrogen (secondary N) is 1. The highest BCUT2D eigenvalue weighted by atomic mass is 32.2. The number of hydrogen-bond acceptors (Lipinski definition) is 4. The van der Waals surface area contributed by atoms with Gasteiger partial charge in [-0.25, -0.2) is 4.98 Å². The molecule has 0 bridgehead atoms. The second-order valence-corrected chi connectivity index (χ2v) is 5.42. The molecule has 3 nitrogen and oxygen atoms in total. The van der Waals surface area contributed by atoms with Crippen LogP contribution in [0.3, 0.4) is 0 Å². The van der Waals surface area contributed by atoms with Crippen LogP contribution in [0.2, 0.25) is 0 Å². The third kappa shape index (κ3) is 4.96. The summed E-state index contributed by atoms with van der Waals surface area (Å²) >= 11 is 1.86. The van der Waals surface area contributed by atoms with Crippen LogP contribution in [0.25, 0.3) is 0 Å². The second-order valence-electron chi connectivity index (χ2n) is 4.44. The Kier molecular flexibility index (Phi) is 6.37. The van der Waals surface area contributed by atoms with E-state index in [-0.39, 0.29) is 0 Å². The van der Waals surface area contributed by atoms with Crippen molar-refractivity contribution in [2.75, 3.05) is 30.5 Å². The highest BCUT2D eigenvalue weighted by molar-refractivity contribution is 7.98. The number of pyridine rings is 1. The molecule has 0 aliphatic carbocycles. The Hall–Kier alpha value is -0.740. The van der Waals surface area contributed by atoms with Crippen LogP contribution in [0.15, 0.2) is 18.3 Å². The summed E-state index contributed by atoms with van der Waals surface area (Å²) in [6.07, 6.45) is 4.00. The van der Waals surface area contributed by atoms with Crippen molar-refractivity contribution in [2.24, 2.45) is 0 Å². The SMILES string of the molecule is CSCCN(C)c1ncccc1CNC(C)C. The zero-order valence-electron chi connectivity index (χ0n) is 11.2. The Balaban J connectivity index is 2.69. The van der Waals surface area contributed by atoms with Gasteiger partial charge in [0.05, 0.1) is 0 Å². The molecule has 1 aromatic rings. The van der Waals surface area contributed by atoms with E-state index in [4.69, 9.17) is 0 Å². The molecule has 0 radical (unpaired) electrons. The first-order valence-electron chi connectivity index (χ1n) is 6.02. The Labute approximate surface area is 109 Å². The normalized spacial score (nSPS) is 10.9. The Morgan fingerprint density at radius 1 is 1.47 bits per heavy atom. The van der Waals surface area contributed by atoms with Gasteiger partial charge in [0.25, 0.3) is 0 Å². The van der Waals surface area contributed by atoms with Gasteiger partial charge in [0.15, 0.2) is 0 Å². The predicted octanol–water partition coefficient (Wildman–Crippen LogP) is 2.38. The first-order chi connectivity index (χ1) is 8.15. The molecule has 0 spiro atoms. The fourth-order valence-electron chi connectivity index (χ4n) is 1.56. The number of rotatable bonds is 7. The smallest absolute Gasteiger partial charge is 0.132 e. The van der Waals surface area contributed by atoms with E-state index in [1.54, 1.807) is 0 Å². The summed E-state index contributed by atoms with van der Waals surface area (Å²) < 4.78 is 0. The lowest BCUT2D eigenvalue weighted by molar-refractivity contribution is 0.587. The van der Waals surface area contributed by atoms with Crippen LogP contribution in [0, 0.1) is 0 Å². The zero-order valence-corrected chi connectivity index (χ0v) is 12.0. The Bertz CT molecular complexity index is 328. The average Bonchev–Trinajstić information content (AvgIpc) is 2.33. The maximum Gasteiger partial charge on any atom is 0.132 e. The molecule has 0 atom stereocenters. The summed E-state index contributed by atoms with van der Waals surface area (Å²) in [4.78, 5) is 6.72. The van der Waals surface area contributed by atoms with Crippen molar-refractivity contribution in [2.45, 2.75) is 26.4 Å². The van der Waals surface area contributed by atoms with Crippen LogP contribution in [0.5, 0.6) is 0 Å². The number of hydrogen-bond donors (Lipinski definition) is 1. The first kappa shape index (κ1) is 14.3. The molecule has 1 N–H and O–H groups in total. The minimum Gasteiger partial charge on any atom is -0.359 e. The first-order valence-corrected chi connectivity index (χ1v) is 7.42. The van der Waals surface area contributed by atoms with Crippen molar-refractivity contribution in [3.63, 3.8) is 0 Å². The lowest BCUT2D eigenvalue weighted by Gasteiger charge is -2.21. The van der Waals surface area contributed by atoms with E-state index >= 15 is 0 Å². The molecule has 0 saturated heterocycles. The summed E-state index contributed by atoms with van der Waals surface area (Å²) in [6.45, 7) is 6.23. The van der Waals surface area contributed by atoms with Crippen molar-refractivity contribution >= 4 is 17.6 Å². The van der Waals surface area contributed by atoms with E-state index in [1.165, 1.54) is 5.56 Å². The summed E-state index contributed by atoms with van der Waals surface area (Å²) in [7, 11) is 2.11. The quantitative estimate of drug-likeness (QED) is 0.807. The van der Waals surface area contributed by atoms with Gasteiger partial charge in [-0.3, -0.25) is 0 Å². The fraction of sp³-hybridized carbons (Fsp3) is 0.615. The van der Waals surface area contributed by atoms with Crippen LogP contribution < -0.4 is 10.2 Å². The second kappa shape index (κ2) is 7.56. The monoisotopic (exact) mass is 253 g/mol. The van der Waals surface area contributed by atoms with Gasteiger partial charge < -0.3 is 10.2 Å². The van der Waals surface area contributed by atoms with Crippen molar-refractivity contribution in [3.8, 4) is 0 Å². The van der Waals surface area contributed by atoms with Gasteiger partial charge in [-0.05, 0) is 12.3 Å². The van der Waals surface area contributed by atoms with E-state index in [1.807, 2.05) is 24.0 Å². The van der Waals surface area contributed by atoms with Crippen molar-refractivity contribution < 1.29 is 0 Å². The highest BCUT2D eigenvalue weighted by Gasteiger charge is 2.08. The average molecular weight is 253 g/mol. The van der Waals surface area contributed by atoms with Crippen LogP contribution in [0.1, 0.15) is 19.4 Å². The van der Waals surface area contributed by atoms with Gasteiger partial charge in [0, 0.05) is 43.7 Å². The molecular formula is C13H23N3S. The molecule has 1 heterocycles. The molecule has 0 fully saturated rings. The van der Waals surface area contributed by atoms with E-state index in [9.17, 15) is 0 Å². The van der Waals surface area contributed by atoms with Gasteiger partial charge in [-0.15, -0.1) is 0 Å². The van der Waals surface area contributed by atoms with Crippen LogP contribution in [0.4, 0.5) is 5.82 Å². The number of aromatic nitrogens is 1. The number of anilines is 1. The number of thioether (sulfide) groups is 1. The highest BCUT2D eigenvalue weighted by Crippen LogP contribution is 2.16. The summed E-state index contributed by atoms with van der Waals surface area (Å²) in [5.74, 6) is 2.22. The molecule has 96 valence electrons. The van der Waals surface area contributed by atoms with E-state index in [0.29, 0.717) is 6.04 Å². The fourth-order valence-corrected chi connectivity index (χ4v) is 2.02. The minimum absolute atomic E-state index is 0.500. The third-order valence-electron chi connectivity index (χ3n) is 2.56. The van der Waals surface area contributed by atoms with Gasteiger partial charge in [0.2, 0.25) is 0 Å². The zero-order chi connectivity index (χ0) is 12.7. The Morgan fingerprint density at radius 3 is 2.88 bits per heavy atom. The standard InChI is InChI=1S/C13H23N3S/c1-11(2)15-10-12-6-5-7-14-13(12)16(3)8-9-17-4/h5-7,11,15H,8-10H2,1-4H3. The summed E-state index contributed by atoms with van der Waals surface area (Å²) in [6, 6.07) is 4.65. The third-order valence-corrected chi connectivity index (χ3v) is 3.15. The van der Waals surface area contributed by atoms with E-state index in [0.717, 1.165) is 24.7 Å². The molecule has 1 aromatic heterocycles. The van der Waals surface area contributed by atoms with Crippen LogP contribution >= 0.6 is 11.8 Å². The summed E-state index contributed by atoms with van der Waals surface area (Å²) in [5.41, 5.74) is 1.27. The van der Waals surface area contributed by atoms with Crippen LogP contribution in [-0.4, -0.2) is 36.6 Å². The van der Waals surface area contributed by atoms with E-state index in [2.05, 4.69) is 48.4 Å².